The zero-order valence-electron chi connectivity index (χ0n) is 39.1. The predicted molar refractivity (Wildman–Crippen MR) is 248 cm³/mol. The number of nitrogens with one attached hydrogen (secondary N) is 2. The van der Waals surface area contributed by atoms with Crippen LogP contribution in [-0.4, -0.2) is 82.7 Å². The number of aliphatic hydroxyl groups is 2. The number of alkyl carbamates (subject to hydrolysis) is 1. The van der Waals surface area contributed by atoms with Crippen molar-refractivity contribution in [2.45, 2.75) is 244 Å². The molecule has 3 amide bonds. The molecular weight excluding hydrogens is 769 g/mol. The Morgan fingerprint density at radius 2 is 1.18 bits per heavy atom. The first-order valence-electron chi connectivity index (χ1n) is 24.9. The van der Waals surface area contributed by atoms with Crippen LogP contribution in [-0.2, 0) is 25.7 Å². The minimum absolute atomic E-state index is 0.0324. The summed E-state index contributed by atoms with van der Waals surface area (Å²) in [6.45, 7) is 8.74. The average molecular weight is 859 g/mol. The molecule has 352 valence electrons. The largest absolute Gasteiger partial charge is 0.445 e. The summed E-state index contributed by atoms with van der Waals surface area (Å²) in [7, 11) is 0. The molecule has 6 atom stereocenters. The van der Waals surface area contributed by atoms with Gasteiger partial charge in [-0.1, -0.05) is 206 Å². The van der Waals surface area contributed by atoms with E-state index in [2.05, 4.69) is 24.5 Å². The molecule has 0 saturated carbocycles. The molecule has 11 nitrogen and oxygen atoms in total. The fourth-order valence-corrected chi connectivity index (χ4v) is 8.39. The summed E-state index contributed by atoms with van der Waals surface area (Å²) in [6, 6.07) is 7.13. The van der Waals surface area contributed by atoms with Crippen LogP contribution in [0.15, 0.2) is 30.3 Å². The molecule has 0 unspecified atom stereocenters. The highest BCUT2D eigenvalue weighted by Crippen LogP contribution is 2.26. The van der Waals surface area contributed by atoms with Crippen molar-refractivity contribution in [2.75, 3.05) is 13.1 Å². The molecule has 1 fully saturated rings. The molecule has 1 heterocycles. The predicted octanol–water partition coefficient (Wildman–Crippen LogP) is 10.2. The lowest BCUT2D eigenvalue weighted by molar-refractivity contribution is -0.222. The van der Waals surface area contributed by atoms with Crippen molar-refractivity contribution in [3.8, 4) is 0 Å². The van der Waals surface area contributed by atoms with Crippen LogP contribution in [0.4, 0.5) is 4.79 Å². The van der Waals surface area contributed by atoms with Crippen LogP contribution in [0.25, 0.3) is 0 Å². The third-order valence-corrected chi connectivity index (χ3v) is 12.2. The molecule has 1 aromatic carbocycles. The van der Waals surface area contributed by atoms with E-state index >= 15 is 0 Å². The van der Waals surface area contributed by atoms with Gasteiger partial charge in [-0.15, -0.1) is 0 Å². The van der Waals surface area contributed by atoms with Gasteiger partial charge in [0.05, 0.1) is 0 Å². The fourth-order valence-electron chi connectivity index (χ4n) is 8.39. The number of benzene rings is 1. The third kappa shape index (κ3) is 24.1. The van der Waals surface area contributed by atoms with E-state index in [-0.39, 0.29) is 25.0 Å². The first-order valence-corrected chi connectivity index (χ1v) is 24.9. The second-order valence-electron chi connectivity index (χ2n) is 18.2. The number of rotatable bonds is 36. The Kier molecular flexibility index (Phi) is 31.0. The van der Waals surface area contributed by atoms with Crippen LogP contribution < -0.4 is 16.4 Å². The topological polar surface area (TPSA) is 163 Å². The van der Waals surface area contributed by atoms with Gasteiger partial charge in [0.2, 0.25) is 11.8 Å². The van der Waals surface area contributed by atoms with Crippen LogP contribution in [0.5, 0.6) is 0 Å². The van der Waals surface area contributed by atoms with Crippen molar-refractivity contribution < 1.29 is 34.1 Å². The molecule has 11 heteroatoms. The van der Waals surface area contributed by atoms with Crippen molar-refractivity contribution in [1.82, 2.24) is 15.5 Å². The van der Waals surface area contributed by atoms with Gasteiger partial charge in [-0.25, -0.2) is 4.79 Å². The molecule has 1 saturated heterocycles. The first-order chi connectivity index (χ1) is 29.6. The van der Waals surface area contributed by atoms with E-state index in [0.717, 1.165) is 56.9 Å². The Bertz CT molecular complexity index is 1250. The molecular formula is C50H90N4O7. The highest BCUT2D eigenvalue weighted by atomic mass is 16.5. The maximum atomic E-state index is 14.2. The lowest BCUT2D eigenvalue weighted by Gasteiger charge is -2.47. The number of nitrogens with two attached hydrogens (primary N) is 1. The van der Waals surface area contributed by atoms with E-state index in [1.54, 1.807) is 4.90 Å². The number of hydrogen-bond acceptors (Lipinski definition) is 8. The maximum Gasteiger partial charge on any atom is 0.408 e. The summed E-state index contributed by atoms with van der Waals surface area (Å²) in [5.41, 5.74) is 6.84. The Hall–Kier alpha value is -2.73. The van der Waals surface area contributed by atoms with Gasteiger partial charge in [-0.3, -0.25) is 9.59 Å². The van der Waals surface area contributed by atoms with E-state index < -0.39 is 48.6 Å². The molecule has 0 aromatic heterocycles. The van der Waals surface area contributed by atoms with Crippen LogP contribution in [0, 0.1) is 5.92 Å². The monoisotopic (exact) mass is 859 g/mol. The summed E-state index contributed by atoms with van der Waals surface area (Å²) in [6.07, 6.45) is 25.1. The van der Waals surface area contributed by atoms with Crippen molar-refractivity contribution in [1.29, 1.82) is 0 Å². The zero-order chi connectivity index (χ0) is 44.5. The molecule has 1 aliphatic rings. The van der Waals surface area contributed by atoms with Crippen LogP contribution in [0.2, 0.25) is 0 Å². The Morgan fingerprint density at radius 1 is 0.705 bits per heavy atom. The second-order valence-corrected chi connectivity index (χ2v) is 18.2. The van der Waals surface area contributed by atoms with Crippen molar-refractivity contribution in [3.63, 3.8) is 0 Å². The molecule has 2 rings (SSSR count). The van der Waals surface area contributed by atoms with E-state index in [1.165, 1.54) is 109 Å². The number of carbonyl (C=O) groups excluding carboxylic acids is 3. The van der Waals surface area contributed by atoms with Gasteiger partial charge in [0.25, 0.3) is 0 Å². The van der Waals surface area contributed by atoms with Gasteiger partial charge < -0.3 is 41.0 Å². The minimum Gasteiger partial charge on any atom is -0.445 e. The summed E-state index contributed by atoms with van der Waals surface area (Å²) in [4.78, 5) is 42.8. The number of hydrogen-bond donors (Lipinski definition) is 5. The smallest absolute Gasteiger partial charge is 0.408 e. The lowest BCUT2D eigenvalue weighted by atomic mass is 9.93. The normalized spacial score (nSPS) is 19.4. The Labute approximate surface area is 371 Å². The third-order valence-electron chi connectivity index (χ3n) is 12.2. The highest BCUT2D eigenvalue weighted by molar-refractivity contribution is 5.86. The summed E-state index contributed by atoms with van der Waals surface area (Å²) < 4.78 is 11.8. The summed E-state index contributed by atoms with van der Waals surface area (Å²) in [5, 5.41) is 28.2. The van der Waals surface area contributed by atoms with Gasteiger partial charge in [-0.05, 0) is 30.7 Å². The van der Waals surface area contributed by atoms with Crippen molar-refractivity contribution in [3.05, 3.63) is 35.9 Å². The van der Waals surface area contributed by atoms with E-state index in [4.69, 9.17) is 15.2 Å². The van der Waals surface area contributed by atoms with Gasteiger partial charge in [0.1, 0.15) is 37.0 Å². The zero-order valence-corrected chi connectivity index (χ0v) is 39.1. The number of nitrogens with zero attached hydrogens (tertiary/aromatic N) is 1. The Balaban J connectivity index is 2.06. The molecule has 6 N–H and O–H groups in total. The van der Waals surface area contributed by atoms with Gasteiger partial charge in [-0.2, -0.15) is 0 Å². The number of aliphatic hydroxyl groups excluding tert-OH is 2. The maximum absolute atomic E-state index is 14.2. The molecule has 1 aromatic rings. The highest BCUT2D eigenvalue weighted by Gasteiger charge is 2.48. The van der Waals surface area contributed by atoms with E-state index in [1.807, 2.05) is 44.2 Å². The summed E-state index contributed by atoms with van der Waals surface area (Å²) in [5.74, 6) is -0.631. The molecule has 0 aliphatic carbocycles. The molecule has 1 aliphatic heterocycles. The van der Waals surface area contributed by atoms with Gasteiger partial charge >= 0.3 is 6.09 Å². The molecule has 0 spiro atoms. The van der Waals surface area contributed by atoms with Crippen LogP contribution in [0.3, 0.4) is 0 Å². The SMILES string of the molecule is CCCCCCCCCCCCCCCCCCN(C(=O)CCCCCCCCCCC)[C@@H]1O[C@H](CN)[C@@H](O)[C@H](O)[C@H]1NC(=O)[C@H](CC(C)C)NC(=O)OCc1ccccc1. The lowest BCUT2D eigenvalue weighted by Crippen LogP contribution is -2.70. The number of amides is 3. The van der Waals surface area contributed by atoms with Crippen LogP contribution >= 0.6 is 0 Å². The minimum atomic E-state index is -1.46. The second kappa shape index (κ2) is 34.7. The molecule has 0 radical (unpaired) electrons. The van der Waals surface area contributed by atoms with Gasteiger partial charge in [0.15, 0.2) is 6.23 Å². The fraction of sp³-hybridized carbons (Fsp3) is 0.820. The molecule has 0 bridgehead atoms. The number of unbranched alkanes of at least 4 members (excludes halogenated alkanes) is 23. The van der Waals surface area contributed by atoms with Crippen molar-refractivity contribution >= 4 is 17.9 Å². The number of ether oxygens (including phenoxy) is 2. The number of carbonyl (C=O) groups is 3. The Morgan fingerprint density at radius 3 is 1.66 bits per heavy atom. The molecule has 61 heavy (non-hydrogen) atoms. The average Bonchev–Trinajstić information content (AvgIpc) is 3.25. The first kappa shape index (κ1) is 54.4. The standard InChI is InChI=1S/C50H90N4O7/c1-5-7-9-11-13-15-16-17-18-19-20-21-23-25-27-32-36-54(44(55)35-31-26-24-22-14-12-10-8-6-2)49-45(47(57)46(56)43(38-51)61-49)53-48(58)42(37-40(3)4)52-50(59)60-39-41-33-29-28-30-34-41/h28-30,33-34,40,42-43,45-47,49,56-57H,5-27,31-32,35-39,51H2,1-4H3,(H,52,59)(H,53,58)/t42-,43+,45+,46+,47+,49+/m0/s1. The summed E-state index contributed by atoms with van der Waals surface area (Å²) >= 11 is 0. The quantitative estimate of drug-likeness (QED) is 0.0417. The van der Waals surface area contributed by atoms with Crippen LogP contribution in [0.1, 0.15) is 207 Å². The van der Waals surface area contributed by atoms with E-state index in [9.17, 15) is 24.6 Å². The van der Waals surface area contributed by atoms with Crippen molar-refractivity contribution in [2.24, 2.45) is 11.7 Å². The van der Waals surface area contributed by atoms with E-state index in [0.29, 0.717) is 19.4 Å². The van der Waals surface area contributed by atoms with Gasteiger partial charge in [0, 0.05) is 19.5 Å².